The maximum atomic E-state index is 2.41. The second-order valence-corrected chi connectivity index (χ2v) is 18.1. The minimum atomic E-state index is -0.480. The lowest BCUT2D eigenvalue weighted by atomic mass is 9.65. The van der Waals surface area contributed by atoms with Gasteiger partial charge in [-0.25, -0.2) is 0 Å². The van der Waals surface area contributed by atoms with E-state index >= 15 is 0 Å². The van der Waals surface area contributed by atoms with Gasteiger partial charge in [-0.3, -0.25) is 0 Å². The third-order valence-electron chi connectivity index (χ3n) is 14.3. The van der Waals surface area contributed by atoms with Crippen LogP contribution in [-0.2, 0) is 5.41 Å². The molecule has 11 aromatic carbocycles. The first-order chi connectivity index (χ1) is 34.2. The van der Waals surface area contributed by atoms with E-state index in [0.29, 0.717) is 0 Å². The molecule has 0 aliphatic rings. The second kappa shape index (κ2) is 16.7. The molecule has 2 nitrogen and oxygen atoms in total. The first kappa shape index (κ1) is 40.3. The van der Waals surface area contributed by atoms with E-state index in [9.17, 15) is 0 Å². The Hall–Kier alpha value is -8.98. The van der Waals surface area contributed by atoms with Crippen LogP contribution in [0.25, 0.3) is 88.4 Å². The molecule has 0 amide bonds. The highest BCUT2D eigenvalue weighted by molar-refractivity contribution is 6.12. The number of benzene rings is 11. The molecule has 0 saturated heterocycles. The molecule has 0 fully saturated rings. The molecule has 13 rings (SSSR count). The summed E-state index contributed by atoms with van der Waals surface area (Å²) < 4.78 is 4.81. The van der Waals surface area contributed by atoms with Crippen LogP contribution in [0.3, 0.4) is 0 Å². The van der Waals surface area contributed by atoms with Crippen LogP contribution in [-0.4, -0.2) is 9.13 Å². The van der Waals surface area contributed by atoms with Gasteiger partial charge in [0.25, 0.3) is 0 Å². The number of fused-ring (bicyclic) bond motifs is 6. The number of hydrogen-bond acceptors (Lipinski definition) is 0. The summed E-state index contributed by atoms with van der Waals surface area (Å²) in [5.41, 5.74) is 18.7. The van der Waals surface area contributed by atoms with E-state index in [-0.39, 0.29) is 0 Å². The summed E-state index contributed by atoms with van der Waals surface area (Å²) in [5, 5.41) is 4.97. The normalized spacial score (nSPS) is 11.8. The quantitative estimate of drug-likeness (QED) is 0.128. The molecule has 324 valence electrons. The highest BCUT2D eigenvalue weighted by atomic mass is 15.0. The van der Waals surface area contributed by atoms with Crippen LogP contribution in [0, 0.1) is 0 Å². The molecule has 2 heteroatoms. The van der Waals surface area contributed by atoms with Crippen LogP contribution in [0.4, 0.5) is 0 Å². The van der Waals surface area contributed by atoms with Gasteiger partial charge >= 0.3 is 0 Å². The smallest absolute Gasteiger partial charge is 0.0701 e. The molecule has 0 spiro atoms. The van der Waals surface area contributed by atoms with Crippen LogP contribution in [0.2, 0.25) is 0 Å². The number of nitrogens with zero attached hydrogens (tertiary/aromatic N) is 2. The predicted octanol–water partition coefficient (Wildman–Crippen LogP) is 17.3. The SMILES string of the molecule is c1ccc(-c2ccc(-n3c4ccccc4c4cc(-c5ccc6c(c5)c5ccccc5n6-c5ccc(-c6ccc(C(c7ccccc7)(c7ccccc7)c7ccccc7)cc6)cc5)ccc43)cc2)cc1. The maximum absolute atomic E-state index is 2.41. The summed E-state index contributed by atoms with van der Waals surface area (Å²) in [5.74, 6) is 0. The Labute approximate surface area is 402 Å². The van der Waals surface area contributed by atoms with Crippen molar-refractivity contribution in [1.82, 2.24) is 9.13 Å². The third kappa shape index (κ3) is 6.72. The molecule has 0 N–H and O–H groups in total. The highest BCUT2D eigenvalue weighted by Gasteiger charge is 2.38. The topological polar surface area (TPSA) is 9.86 Å². The predicted molar refractivity (Wildman–Crippen MR) is 290 cm³/mol. The molecule has 0 bridgehead atoms. The van der Waals surface area contributed by atoms with Gasteiger partial charge in [-0.1, -0.05) is 218 Å². The van der Waals surface area contributed by atoms with Crippen molar-refractivity contribution in [3.63, 3.8) is 0 Å². The summed E-state index contributed by atoms with van der Waals surface area (Å²) in [6.45, 7) is 0. The Morgan fingerprint density at radius 1 is 0.203 bits per heavy atom. The standard InChI is InChI=1S/C67H46N2/c1-5-17-47(18-6-1)49-31-39-57(40-32-49)68-63-27-15-13-25-59(63)61-45-51(35-43-65(61)68)52-36-44-66-62(46-52)60-26-14-16-28-64(60)69(66)58-41-33-50(34-42-58)48-29-37-56(38-30-48)67(53-19-7-2-8-20-53,54-21-9-3-10-22-54)55-23-11-4-12-24-55/h1-46H. The van der Waals surface area contributed by atoms with E-state index in [1.54, 1.807) is 0 Å². The second-order valence-electron chi connectivity index (χ2n) is 18.1. The van der Waals surface area contributed by atoms with E-state index < -0.39 is 5.41 Å². The van der Waals surface area contributed by atoms with Gasteiger partial charge in [-0.05, 0) is 116 Å². The molecule has 0 unspecified atom stereocenters. The van der Waals surface area contributed by atoms with E-state index in [0.717, 1.165) is 11.4 Å². The first-order valence-electron chi connectivity index (χ1n) is 23.8. The van der Waals surface area contributed by atoms with Crippen molar-refractivity contribution < 1.29 is 0 Å². The fourth-order valence-corrected chi connectivity index (χ4v) is 11.1. The Morgan fingerprint density at radius 3 is 0.899 bits per heavy atom. The number of rotatable bonds is 9. The monoisotopic (exact) mass is 878 g/mol. The lowest BCUT2D eigenvalue weighted by Crippen LogP contribution is -2.30. The van der Waals surface area contributed by atoms with Crippen LogP contribution < -0.4 is 0 Å². The summed E-state index contributed by atoms with van der Waals surface area (Å²) in [7, 11) is 0. The fourth-order valence-electron chi connectivity index (χ4n) is 11.1. The summed E-state index contributed by atoms with van der Waals surface area (Å²) >= 11 is 0. The van der Waals surface area contributed by atoms with Gasteiger partial charge in [0, 0.05) is 32.9 Å². The Morgan fingerprint density at radius 2 is 0.493 bits per heavy atom. The molecule has 2 aromatic heterocycles. The minimum Gasteiger partial charge on any atom is -0.309 e. The average Bonchev–Trinajstić information content (AvgIpc) is 3.95. The third-order valence-corrected chi connectivity index (χ3v) is 14.3. The Balaban J connectivity index is 0.852. The van der Waals surface area contributed by atoms with Gasteiger partial charge in [0.05, 0.1) is 27.5 Å². The van der Waals surface area contributed by atoms with E-state index in [4.69, 9.17) is 0 Å². The molecule has 0 saturated carbocycles. The molecular formula is C67H46N2. The molecule has 0 atom stereocenters. The zero-order valence-corrected chi connectivity index (χ0v) is 38.0. The summed E-state index contributed by atoms with van der Waals surface area (Å²) in [6, 6.07) is 102. The van der Waals surface area contributed by atoms with Gasteiger partial charge < -0.3 is 9.13 Å². The van der Waals surface area contributed by atoms with Crippen LogP contribution in [0.5, 0.6) is 0 Å². The fraction of sp³-hybridized carbons (Fsp3) is 0.0149. The number of aromatic nitrogens is 2. The van der Waals surface area contributed by atoms with Crippen molar-refractivity contribution in [2.24, 2.45) is 0 Å². The van der Waals surface area contributed by atoms with E-state index in [1.165, 1.54) is 99.2 Å². The van der Waals surface area contributed by atoms with Crippen molar-refractivity contribution >= 4 is 43.6 Å². The molecular weight excluding hydrogens is 833 g/mol. The zero-order chi connectivity index (χ0) is 45.7. The maximum Gasteiger partial charge on any atom is 0.0701 e. The van der Waals surface area contributed by atoms with Crippen LogP contribution in [0.1, 0.15) is 22.3 Å². The molecule has 0 aliphatic carbocycles. The number of para-hydroxylation sites is 2. The van der Waals surface area contributed by atoms with Gasteiger partial charge in [-0.15, -0.1) is 0 Å². The largest absolute Gasteiger partial charge is 0.309 e. The summed E-state index contributed by atoms with van der Waals surface area (Å²) in [6.07, 6.45) is 0. The Bertz CT molecular complexity index is 3850. The van der Waals surface area contributed by atoms with Gasteiger partial charge in [0.2, 0.25) is 0 Å². The lowest BCUT2D eigenvalue weighted by Gasteiger charge is -2.37. The van der Waals surface area contributed by atoms with Crippen molar-refractivity contribution in [2.75, 3.05) is 0 Å². The van der Waals surface area contributed by atoms with Crippen molar-refractivity contribution in [3.05, 3.63) is 301 Å². The van der Waals surface area contributed by atoms with Crippen molar-refractivity contribution in [3.8, 4) is 44.8 Å². The van der Waals surface area contributed by atoms with Crippen molar-refractivity contribution in [1.29, 1.82) is 0 Å². The van der Waals surface area contributed by atoms with E-state index in [1.807, 2.05) is 0 Å². The summed E-state index contributed by atoms with van der Waals surface area (Å²) in [4.78, 5) is 0. The van der Waals surface area contributed by atoms with Crippen molar-refractivity contribution in [2.45, 2.75) is 5.41 Å². The number of hydrogen-bond donors (Lipinski definition) is 0. The van der Waals surface area contributed by atoms with E-state index in [2.05, 4.69) is 288 Å². The zero-order valence-electron chi connectivity index (χ0n) is 38.0. The molecule has 2 heterocycles. The molecule has 0 aliphatic heterocycles. The first-order valence-corrected chi connectivity index (χ1v) is 23.8. The molecule has 13 aromatic rings. The van der Waals surface area contributed by atoms with Gasteiger partial charge in [0.15, 0.2) is 0 Å². The van der Waals surface area contributed by atoms with Gasteiger partial charge in [0.1, 0.15) is 0 Å². The molecule has 0 radical (unpaired) electrons. The Kier molecular flexibility index (Phi) is 9.77. The molecule has 69 heavy (non-hydrogen) atoms. The van der Waals surface area contributed by atoms with Gasteiger partial charge in [-0.2, -0.15) is 0 Å². The average molecular weight is 879 g/mol. The van der Waals surface area contributed by atoms with Crippen LogP contribution in [0.15, 0.2) is 279 Å². The van der Waals surface area contributed by atoms with Crippen LogP contribution >= 0.6 is 0 Å². The lowest BCUT2D eigenvalue weighted by molar-refractivity contribution is 0.745. The minimum absolute atomic E-state index is 0.480. The highest BCUT2D eigenvalue weighted by Crippen LogP contribution is 2.46.